The summed E-state index contributed by atoms with van der Waals surface area (Å²) in [4.78, 5) is 14.3. The standard InChI is InChI=1S/C16H24N2O2/c1-3-6-15(16(19)20-4-2)18-10-9-13-12(11-18)7-5-8-14(13)17/h5,7-8,15H,3-4,6,9-11,17H2,1-2H3. The number of nitrogen functional groups attached to an aromatic ring is 1. The molecule has 1 aliphatic heterocycles. The Morgan fingerprint density at radius 3 is 2.95 bits per heavy atom. The molecular formula is C16H24N2O2. The Labute approximate surface area is 120 Å². The zero-order chi connectivity index (χ0) is 14.5. The number of carbonyl (C=O) groups excluding carboxylic acids is 1. The lowest BCUT2D eigenvalue weighted by Gasteiger charge is -2.34. The molecule has 1 heterocycles. The van der Waals surface area contributed by atoms with E-state index in [2.05, 4.69) is 17.9 Å². The Morgan fingerprint density at radius 1 is 1.45 bits per heavy atom. The van der Waals surface area contributed by atoms with E-state index in [1.54, 1.807) is 0 Å². The molecule has 0 saturated heterocycles. The van der Waals surface area contributed by atoms with Crippen molar-refractivity contribution in [3.8, 4) is 0 Å². The highest BCUT2D eigenvalue weighted by Gasteiger charge is 2.29. The van der Waals surface area contributed by atoms with Gasteiger partial charge in [-0.15, -0.1) is 0 Å². The molecule has 0 saturated carbocycles. The number of benzene rings is 1. The van der Waals surface area contributed by atoms with Crippen molar-refractivity contribution in [3.05, 3.63) is 29.3 Å². The molecule has 0 bridgehead atoms. The Bertz CT molecular complexity index is 474. The molecule has 0 radical (unpaired) electrons. The summed E-state index contributed by atoms with van der Waals surface area (Å²) in [5.41, 5.74) is 9.36. The van der Waals surface area contributed by atoms with Gasteiger partial charge in [0, 0.05) is 18.8 Å². The van der Waals surface area contributed by atoms with E-state index in [-0.39, 0.29) is 12.0 Å². The van der Waals surface area contributed by atoms with Crippen LogP contribution in [0.4, 0.5) is 5.69 Å². The zero-order valence-electron chi connectivity index (χ0n) is 12.4. The van der Waals surface area contributed by atoms with Crippen molar-refractivity contribution in [2.75, 3.05) is 18.9 Å². The molecule has 110 valence electrons. The molecule has 4 nitrogen and oxygen atoms in total. The average Bonchev–Trinajstić information content (AvgIpc) is 2.45. The van der Waals surface area contributed by atoms with Crippen LogP contribution in [0.25, 0.3) is 0 Å². The Morgan fingerprint density at radius 2 is 2.25 bits per heavy atom. The summed E-state index contributed by atoms with van der Waals surface area (Å²) in [6, 6.07) is 5.90. The minimum atomic E-state index is -0.130. The molecule has 0 amide bonds. The maximum absolute atomic E-state index is 12.1. The van der Waals surface area contributed by atoms with Gasteiger partial charge in [-0.2, -0.15) is 0 Å². The lowest BCUT2D eigenvalue weighted by Crippen LogP contribution is -2.44. The third kappa shape index (κ3) is 3.12. The third-order valence-electron chi connectivity index (χ3n) is 3.89. The largest absolute Gasteiger partial charge is 0.465 e. The van der Waals surface area contributed by atoms with Crippen LogP contribution in [0.3, 0.4) is 0 Å². The van der Waals surface area contributed by atoms with Gasteiger partial charge >= 0.3 is 5.97 Å². The second-order valence-corrected chi connectivity index (χ2v) is 5.26. The van der Waals surface area contributed by atoms with Crippen molar-refractivity contribution in [1.29, 1.82) is 0 Å². The van der Waals surface area contributed by atoms with Crippen molar-refractivity contribution >= 4 is 11.7 Å². The molecule has 1 unspecified atom stereocenters. The number of hydrogen-bond donors (Lipinski definition) is 1. The molecule has 0 aliphatic carbocycles. The van der Waals surface area contributed by atoms with E-state index < -0.39 is 0 Å². The summed E-state index contributed by atoms with van der Waals surface area (Å²) in [6.07, 6.45) is 2.72. The maximum atomic E-state index is 12.1. The summed E-state index contributed by atoms with van der Waals surface area (Å²) >= 11 is 0. The second-order valence-electron chi connectivity index (χ2n) is 5.26. The number of hydrogen-bond acceptors (Lipinski definition) is 4. The summed E-state index contributed by atoms with van der Waals surface area (Å²) in [6.45, 7) is 6.04. The number of fused-ring (bicyclic) bond motifs is 1. The first-order chi connectivity index (χ1) is 9.67. The van der Waals surface area contributed by atoms with Crippen LogP contribution in [-0.2, 0) is 22.5 Å². The molecule has 0 aromatic heterocycles. The van der Waals surface area contributed by atoms with Gasteiger partial charge in [-0.3, -0.25) is 9.69 Å². The van der Waals surface area contributed by atoms with Gasteiger partial charge in [0.25, 0.3) is 0 Å². The summed E-state index contributed by atoms with van der Waals surface area (Å²) in [5, 5.41) is 0. The van der Waals surface area contributed by atoms with E-state index >= 15 is 0 Å². The van der Waals surface area contributed by atoms with Crippen LogP contribution in [0.5, 0.6) is 0 Å². The molecule has 1 aliphatic rings. The third-order valence-corrected chi connectivity index (χ3v) is 3.89. The number of ether oxygens (including phenoxy) is 1. The Hall–Kier alpha value is -1.55. The van der Waals surface area contributed by atoms with Crippen LogP contribution >= 0.6 is 0 Å². The zero-order valence-corrected chi connectivity index (χ0v) is 12.4. The lowest BCUT2D eigenvalue weighted by molar-refractivity contribution is -0.150. The smallest absolute Gasteiger partial charge is 0.323 e. The minimum absolute atomic E-state index is 0.0956. The van der Waals surface area contributed by atoms with E-state index in [1.165, 1.54) is 11.1 Å². The van der Waals surface area contributed by atoms with Crippen molar-refractivity contribution in [2.45, 2.75) is 45.7 Å². The first-order valence-corrected chi connectivity index (χ1v) is 7.44. The van der Waals surface area contributed by atoms with Gasteiger partial charge in [-0.1, -0.05) is 25.5 Å². The topological polar surface area (TPSA) is 55.6 Å². The number of anilines is 1. The van der Waals surface area contributed by atoms with Crippen LogP contribution in [0.15, 0.2) is 18.2 Å². The van der Waals surface area contributed by atoms with Crippen LogP contribution < -0.4 is 5.73 Å². The normalized spacial score (nSPS) is 16.5. The van der Waals surface area contributed by atoms with Gasteiger partial charge in [0.1, 0.15) is 6.04 Å². The molecule has 2 rings (SSSR count). The number of carbonyl (C=O) groups is 1. The van der Waals surface area contributed by atoms with E-state index in [4.69, 9.17) is 10.5 Å². The van der Waals surface area contributed by atoms with Crippen LogP contribution in [-0.4, -0.2) is 30.1 Å². The van der Waals surface area contributed by atoms with Gasteiger partial charge in [0.15, 0.2) is 0 Å². The molecule has 4 heteroatoms. The molecule has 0 spiro atoms. The van der Waals surface area contributed by atoms with Crippen LogP contribution in [0.1, 0.15) is 37.8 Å². The van der Waals surface area contributed by atoms with E-state index in [1.807, 2.05) is 19.1 Å². The fourth-order valence-electron chi connectivity index (χ4n) is 2.89. The van der Waals surface area contributed by atoms with Crippen molar-refractivity contribution in [3.63, 3.8) is 0 Å². The highest BCUT2D eigenvalue weighted by Crippen LogP contribution is 2.26. The Balaban J connectivity index is 2.14. The number of esters is 1. The molecule has 20 heavy (non-hydrogen) atoms. The summed E-state index contributed by atoms with van der Waals surface area (Å²) < 4.78 is 5.22. The van der Waals surface area contributed by atoms with Crippen LogP contribution in [0, 0.1) is 0 Å². The maximum Gasteiger partial charge on any atom is 0.323 e. The van der Waals surface area contributed by atoms with E-state index in [0.29, 0.717) is 6.61 Å². The van der Waals surface area contributed by atoms with Crippen molar-refractivity contribution in [1.82, 2.24) is 4.90 Å². The Kier molecular flexibility index (Phi) is 5.01. The molecule has 1 aromatic carbocycles. The monoisotopic (exact) mass is 276 g/mol. The fraction of sp³-hybridized carbons (Fsp3) is 0.562. The minimum Gasteiger partial charge on any atom is -0.465 e. The summed E-state index contributed by atoms with van der Waals surface area (Å²) in [7, 11) is 0. The average molecular weight is 276 g/mol. The van der Waals surface area contributed by atoms with Gasteiger partial charge < -0.3 is 10.5 Å². The molecular weight excluding hydrogens is 252 g/mol. The first kappa shape index (κ1) is 14.9. The quantitative estimate of drug-likeness (QED) is 0.662. The molecule has 2 N–H and O–H groups in total. The van der Waals surface area contributed by atoms with Gasteiger partial charge in [-0.25, -0.2) is 0 Å². The summed E-state index contributed by atoms with van der Waals surface area (Å²) in [5.74, 6) is -0.0956. The number of rotatable bonds is 5. The first-order valence-electron chi connectivity index (χ1n) is 7.44. The lowest BCUT2D eigenvalue weighted by atomic mass is 9.96. The number of nitrogens with two attached hydrogens (primary N) is 1. The fourth-order valence-corrected chi connectivity index (χ4v) is 2.89. The van der Waals surface area contributed by atoms with E-state index in [0.717, 1.165) is 38.0 Å². The van der Waals surface area contributed by atoms with Crippen molar-refractivity contribution < 1.29 is 9.53 Å². The van der Waals surface area contributed by atoms with Gasteiger partial charge in [-0.05, 0) is 37.0 Å². The highest BCUT2D eigenvalue weighted by molar-refractivity contribution is 5.75. The van der Waals surface area contributed by atoms with Crippen molar-refractivity contribution in [2.24, 2.45) is 0 Å². The predicted molar refractivity (Wildman–Crippen MR) is 80.3 cm³/mol. The van der Waals surface area contributed by atoms with Gasteiger partial charge in [0.05, 0.1) is 6.61 Å². The van der Waals surface area contributed by atoms with E-state index in [9.17, 15) is 4.79 Å². The molecule has 1 aromatic rings. The second kappa shape index (κ2) is 6.75. The van der Waals surface area contributed by atoms with Crippen LogP contribution in [0.2, 0.25) is 0 Å². The molecule has 1 atom stereocenters. The SMILES string of the molecule is CCCC(C(=O)OCC)N1CCc2c(N)cccc2C1. The number of nitrogens with zero attached hydrogens (tertiary/aromatic N) is 1. The molecule has 0 fully saturated rings. The predicted octanol–water partition coefficient (Wildman–Crippen LogP) is 2.36. The highest BCUT2D eigenvalue weighted by atomic mass is 16.5. The van der Waals surface area contributed by atoms with Gasteiger partial charge in [0.2, 0.25) is 0 Å².